The summed E-state index contributed by atoms with van der Waals surface area (Å²) in [4.78, 5) is 2.95. The van der Waals surface area contributed by atoms with Crippen LogP contribution in [0.4, 0.5) is 13.2 Å². The Balaban J connectivity index is 2.10. The molecule has 6 nitrogen and oxygen atoms in total. The van der Waals surface area contributed by atoms with Crippen molar-refractivity contribution < 1.29 is 31.1 Å². The SMILES string of the molecule is COc1cccc(/C=C(\C#N)S(=O)(=O)c2ccccc2)c1Oc1ncc(C(F)(F)F)cc1Cl. The second kappa shape index (κ2) is 9.52. The van der Waals surface area contributed by atoms with Gasteiger partial charge in [0, 0.05) is 11.8 Å². The molecular formula is C22H14ClF3N2O4S. The number of benzene rings is 2. The van der Waals surface area contributed by atoms with E-state index in [1.807, 2.05) is 0 Å². The van der Waals surface area contributed by atoms with Gasteiger partial charge in [-0.2, -0.15) is 18.4 Å². The lowest BCUT2D eigenvalue weighted by molar-refractivity contribution is -0.137. The number of sulfone groups is 1. The number of ether oxygens (including phenoxy) is 2. The molecule has 33 heavy (non-hydrogen) atoms. The van der Waals surface area contributed by atoms with Gasteiger partial charge in [0.1, 0.15) is 16.0 Å². The molecule has 0 aliphatic carbocycles. The summed E-state index contributed by atoms with van der Waals surface area (Å²) in [6, 6.07) is 14.1. The fourth-order valence-corrected chi connectivity index (χ4v) is 4.08. The van der Waals surface area contributed by atoms with E-state index >= 15 is 0 Å². The average Bonchev–Trinajstić information content (AvgIpc) is 2.79. The number of pyridine rings is 1. The highest BCUT2D eigenvalue weighted by Gasteiger charge is 2.32. The molecule has 0 aliphatic rings. The third-order valence-electron chi connectivity index (χ3n) is 4.30. The Labute approximate surface area is 192 Å². The minimum atomic E-state index is -4.65. The monoisotopic (exact) mass is 494 g/mol. The molecule has 2 aromatic carbocycles. The Morgan fingerprint density at radius 1 is 1.15 bits per heavy atom. The van der Waals surface area contributed by atoms with Gasteiger partial charge < -0.3 is 9.47 Å². The van der Waals surface area contributed by atoms with E-state index in [0.717, 1.165) is 6.08 Å². The second-order valence-electron chi connectivity index (χ2n) is 6.43. The average molecular weight is 495 g/mol. The van der Waals surface area contributed by atoms with E-state index in [2.05, 4.69) is 4.98 Å². The Morgan fingerprint density at radius 2 is 1.85 bits per heavy atom. The molecule has 0 saturated carbocycles. The molecule has 0 bridgehead atoms. The highest BCUT2D eigenvalue weighted by Crippen LogP contribution is 2.40. The van der Waals surface area contributed by atoms with E-state index in [1.165, 1.54) is 49.6 Å². The number of aromatic nitrogens is 1. The van der Waals surface area contributed by atoms with Crippen LogP contribution >= 0.6 is 11.6 Å². The van der Waals surface area contributed by atoms with Crippen LogP contribution in [0.3, 0.4) is 0 Å². The predicted molar refractivity (Wildman–Crippen MR) is 115 cm³/mol. The number of halogens is 4. The summed E-state index contributed by atoms with van der Waals surface area (Å²) in [5, 5.41) is 9.11. The van der Waals surface area contributed by atoms with Crippen LogP contribution in [0.15, 0.2) is 70.6 Å². The molecule has 11 heteroatoms. The molecule has 1 heterocycles. The first-order valence-corrected chi connectivity index (χ1v) is 10.9. The molecule has 170 valence electrons. The van der Waals surface area contributed by atoms with Crippen molar-refractivity contribution in [2.75, 3.05) is 7.11 Å². The second-order valence-corrected chi connectivity index (χ2v) is 8.75. The molecule has 1 aromatic heterocycles. The number of hydrogen-bond donors (Lipinski definition) is 0. The van der Waals surface area contributed by atoms with Gasteiger partial charge in [0.05, 0.1) is 17.6 Å². The van der Waals surface area contributed by atoms with Crippen molar-refractivity contribution >= 4 is 27.5 Å². The summed E-state index contributed by atoms with van der Waals surface area (Å²) < 4.78 is 75.2. The van der Waals surface area contributed by atoms with Crippen LogP contribution in [0.25, 0.3) is 6.08 Å². The normalized spacial score (nSPS) is 12.2. The van der Waals surface area contributed by atoms with Gasteiger partial charge in [0.15, 0.2) is 11.5 Å². The zero-order valence-electron chi connectivity index (χ0n) is 16.8. The van der Waals surface area contributed by atoms with E-state index in [0.29, 0.717) is 12.3 Å². The third kappa shape index (κ3) is 5.27. The molecule has 0 spiro atoms. The smallest absolute Gasteiger partial charge is 0.417 e. The fourth-order valence-electron chi connectivity index (χ4n) is 2.71. The molecule has 0 aliphatic heterocycles. The van der Waals surface area contributed by atoms with Gasteiger partial charge in [-0.05, 0) is 30.3 Å². The number of para-hydroxylation sites is 1. The topological polar surface area (TPSA) is 89.3 Å². The standard InChI is InChI=1S/C22H14ClF3N2O4S/c1-31-19-9-5-6-14(10-17(12-27)33(29,30)16-7-3-2-4-8-16)20(19)32-21-18(23)11-15(13-28-21)22(24,25)26/h2-11,13H,1H3/b17-10+. The van der Waals surface area contributed by atoms with E-state index in [-0.39, 0.29) is 27.8 Å². The van der Waals surface area contributed by atoms with Crippen LogP contribution in [-0.2, 0) is 16.0 Å². The van der Waals surface area contributed by atoms with Gasteiger partial charge in [0.2, 0.25) is 15.7 Å². The lowest BCUT2D eigenvalue weighted by atomic mass is 10.1. The summed E-state index contributed by atoms with van der Waals surface area (Å²) in [5.74, 6) is -0.352. The van der Waals surface area contributed by atoms with Crippen molar-refractivity contribution in [2.45, 2.75) is 11.1 Å². The summed E-state index contributed by atoms with van der Waals surface area (Å²) >= 11 is 5.93. The van der Waals surface area contributed by atoms with Crippen LogP contribution in [0.5, 0.6) is 17.4 Å². The van der Waals surface area contributed by atoms with Crippen molar-refractivity contribution in [3.05, 3.63) is 81.8 Å². The fraction of sp³-hybridized carbons (Fsp3) is 0.0909. The molecule has 3 rings (SSSR count). The predicted octanol–water partition coefficient (Wildman–Crippen LogP) is 5.89. The first-order chi connectivity index (χ1) is 15.6. The molecule has 0 radical (unpaired) electrons. The van der Waals surface area contributed by atoms with Crippen molar-refractivity contribution in [3.8, 4) is 23.4 Å². The number of methoxy groups -OCH3 is 1. The first kappa shape index (κ1) is 24.1. The highest BCUT2D eigenvalue weighted by molar-refractivity contribution is 7.95. The Hall–Kier alpha value is -3.55. The van der Waals surface area contributed by atoms with E-state index in [4.69, 9.17) is 21.1 Å². The Morgan fingerprint density at radius 3 is 2.42 bits per heavy atom. The van der Waals surface area contributed by atoms with Crippen molar-refractivity contribution in [1.29, 1.82) is 5.26 Å². The molecule has 0 fully saturated rings. The molecular weight excluding hydrogens is 481 g/mol. The maximum absolute atomic E-state index is 12.9. The number of hydrogen-bond acceptors (Lipinski definition) is 6. The Kier molecular flexibility index (Phi) is 6.95. The number of rotatable bonds is 6. The minimum Gasteiger partial charge on any atom is -0.493 e. The zero-order valence-corrected chi connectivity index (χ0v) is 18.4. The van der Waals surface area contributed by atoms with E-state index in [1.54, 1.807) is 12.1 Å². The molecule has 0 atom stereocenters. The van der Waals surface area contributed by atoms with Crippen LogP contribution in [0.1, 0.15) is 11.1 Å². The van der Waals surface area contributed by atoms with Gasteiger partial charge in [-0.3, -0.25) is 0 Å². The number of nitriles is 1. The van der Waals surface area contributed by atoms with Crippen LogP contribution in [0, 0.1) is 11.3 Å². The lowest BCUT2D eigenvalue weighted by Gasteiger charge is -2.14. The maximum Gasteiger partial charge on any atom is 0.417 e. The van der Waals surface area contributed by atoms with Crippen molar-refractivity contribution in [2.24, 2.45) is 0 Å². The maximum atomic E-state index is 12.9. The molecule has 0 amide bonds. The minimum absolute atomic E-state index is 0.0874. The highest BCUT2D eigenvalue weighted by atomic mass is 35.5. The zero-order chi connectivity index (χ0) is 24.2. The summed E-state index contributed by atoms with van der Waals surface area (Å²) in [6.45, 7) is 0. The number of nitrogens with zero attached hydrogens (tertiary/aromatic N) is 2. The number of allylic oxidation sites excluding steroid dienone is 1. The Bertz CT molecular complexity index is 1350. The van der Waals surface area contributed by atoms with Gasteiger partial charge in [0.25, 0.3) is 0 Å². The molecule has 3 aromatic rings. The quantitative estimate of drug-likeness (QED) is 0.397. The van der Waals surface area contributed by atoms with Crippen LogP contribution in [-0.4, -0.2) is 20.5 Å². The van der Waals surface area contributed by atoms with E-state index < -0.39 is 31.5 Å². The molecule has 0 saturated heterocycles. The van der Waals surface area contributed by atoms with Crippen molar-refractivity contribution in [3.63, 3.8) is 0 Å². The summed E-state index contributed by atoms with van der Waals surface area (Å²) in [6.07, 6.45) is -3.04. The van der Waals surface area contributed by atoms with Crippen LogP contribution in [0.2, 0.25) is 5.02 Å². The van der Waals surface area contributed by atoms with Gasteiger partial charge in [-0.15, -0.1) is 0 Å². The third-order valence-corrected chi connectivity index (χ3v) is 6.25. The van der Waals surface area contributed by atoms with Gasteiger partial charge >= 0.3 is 6.18 Å². The van der Waals surface area contributed by atoms with Crippen LogP contribution < -0.4 is 9.47 Å². The van der Waals surface area contributed by atoms with Gasteiger partial charge in [-0.25, -0.2) is 13.4 Å². The van der Waals surface area contributed by atoms with Gasteiger partial charge in [-0.1, -0.05) is 41.9 Å². The largest absolute Gasteiger partial charge is 0.493 e. The summed E-state index contributed by atoms with van der Waals surface area (Å²) in [5.41, 5.74) is -0.969. The summed E-state index contributed by atoms with van der Waals surface area (Å²) in [7, 11) is -2.84. The van der Waals surface area contributed by atoms with Crippen molar-refractivity contribution in [1.82, 2.24) is 4.98 Å². The first-order valence-electron chi connectivity index (χ1n) is 9.07. The van der Waals surface area contributed by atoms with E-state index in [9.17, 15) is 26.9 Å². The molecule has 0 unspecified atom stereocenters. The number of alkyl halides is 3. The lowest BCUT2D eigenvalue weighted by Crippen LogP contribution is -2.06. The molecule has 0 N–H and O–H groups in total.